The van der Waals surface area contributed by atoms with Crippen molar-refractivity contribution in [1.82, 2.24) is 0 Å². The van der Waals surface area contributed by atoms with Crippen molar-refractivity contribution in [1.29, 1.82) is 0 Å². The van der Waals surface area contributed by atoms with Gasteiger partial charge in [-0.2, -0.15) is 24.4 Å². The van der Waals surface area contributed by atoms with Crippen molar-refractivity contribution in [3.05, 3.63) is 0 Å². The van der Waals surface area contributed by atoms with Gasteiger partial charge in [0.05, 0.1) is 0 Å². The fourth-order valence-corrected chi connectivity index (χ4v) is 2.72. The van der Waals surface area contributed by atoms with E-state index in [-0.39, 0.29) is 0 Å². The molecule has 0 N–H and O–H groups in total. The molecule has 0 saturated carbocycles. The lowest BCUT2D eigenvalue weighted by atomic mass is 9.92. The Kier molecular flexibility index (Phi) is 8.48. The normalized spacial score (nSPS) is 18.2. The van der Waals surface area contributed by atoms with Gasteiger partial charge in [0, 0.05) is 4.58 Å². The van der Waals surface area contributed by atoms with Crippen molar-refractivity contribution in [2.75, 3.05) is 6.26 Å². The topological polar surface area (TPSA) is 0 Å². The number of hydrogen-bond donors (Lipinski definition) is 1. The largest absolute Gasteiger partial charge is 0.165 e. The van der Waals surface area contributed by atoms with Crippen LogP contribution in [0.1, 0.15) is 46.5 Å². The molecule has 80 valence electrons. The van der Waals surface area contributed by atoms with E-state index in [1.165, 1.54) is 25.7 Å². The molecule has 0 aliphatic carbocycles. The highest BCUT2D eigenvalue weighted by Gasteiger charge is 2.11. The molecule has 3 unspecified atom stereocenters. The lowest BCUT2D eigenvalue weighted by Gasteiger charge is -2.18. The molecule has 0 nitrogen and oxygen atoms in total. The smallest absolute Gasteiger partial charge is 0.0472 e. The lowest BCUT2D eigenvalue weighted by molar-refractivity contribution is 0.383. The van der Waals surface area contributed by atoms with Gasteiger partial charge in [0.15, 0.2) is 0 Å². The zero-order chi connectivity index (χ0) is 10.3. The summed E-state index contributed by atoms with van der Waals surface area (Å²) in [5, 5.41) is 0. The molecule has 0 rings (SSSR count). The standard InChI is InChI=1S/C11H24S2/c1-5-6-9(2)7-10(3)8-11(12)13-4/h9-12H,5-8H2,1-4H3. The molecule has 13 heavy (non-hydrogen) atoms. The molecule has 3 atom stereocenters. The van der Waals surface area contributed by atoms with E-state index in [0.717, 1.165) is 11.8 Å². The molecular weight excluding hydrogens is 196 g/mol. The molecule has 0 bridgehead atoms. The Labute approximate surface area is 93.7 Å². The van der Waals surface area contributed by atoms with Gasteiger partial charge in [-0.25, -0.2) is 0 Å². The number of thiol groups is 1. The summed E-state index contributed by atoms with van der Waals surface area (Å²) in [6.45, 7) is 6.99. The van der Waals surface area contributed by atoms with Crippen molar-refractivity contribution in [2.45, 2.75) is 51.0 Å². The van der Waals surface area contributed by atoms with Gasteiger partial charge in [0.2, 0.25) is 0 Å². The maximum atomic E-state index is 4.51. The van der Waals surface area contributed by atoms with E-state index in [1.807, 2.05) is 11.8 Å². The first-order valence-corrected chi connectivity index (χ1v) is 7.11. The summed E-state index contributed by atoms with van der Waals surface area (Å²) in [6, 6.07) is 0. The molecule has 2 heteroatoms. The average molecular weight is 220 g/mol. The number of hydrogen-bond acceptors (Lipinski definition) is 2. The van der Waals surface area contributed by atoms with Gasteiger partial charge in [-0.05, 0) is 30.9 Å². The molecule has 0 heterocycles. The Morgan fingerprint density at radius 2 is 1.77 bits per heavy atom. The van der Waals surface area contributed by atoms with Gasteiger partial charge in [0.25, 0.3) is 0 Å². The van der Waals surface area contributed by atoms with Crippen molar-refractivity contribution >= 4 is 24.4 Å². The third kappa shape index (κ3) is 7.75. The summed E-state index contributed by atoms with van der Waals surface area (Å²) in [7, 11) is 0. The van der Waals surface area contributed by atoms with Crippen LogP contribution in [0.4, 0.5) is 0 Å². The average Bonchev–Trinajstić information content (AvgIpc) is 2.04. The van der Waals surface area contributed by atoms with Gasteiger partial charge in [-0.3, -0.25) is 0 Å². The predicted octanol–water partition coefficient (Wildman–Crippen LogP) is 4.46. The summed E-state index contributed by atoms with van der Waals surface area (Å²) >= 11 is 6.36. The van der Waals surface area contributed by atoms with Crippen LogP contribution in [0.25, 0.3) is 0 Å². The highest BCUT2D eigenvalue weighted by molar-refractivity contribution is 8.09. The van der Waals surface area contributed by atoms with E-state index in [2.05, 4.69) is 39.7 Å². The Morgan fingerprint density at radius 3 is 2.23 bits per heavy atom. The maximum absolute atomic E-state index is 4.51. The molecule has 0 amide bonds. The summed E-state index contributed by atoms with van der Waals surface area (Å²) in [6.07, 6.45) is 7.45. The fourth-order valence-electron chi connectivity index (χ4n) is 1.83. The highest BCUT2D eigenvalue weighted by atomic mass is 32.2. The van der Waals surface area contributed by atoms with E-state index in [9.17, 15) is 0 Å². The van der Waals surface area contributed by atoms with Crippen LogP contribution in [-0.4, -0.2) is 10.8 Å². The summed E-state index contributed by atoms with van der Waals surface area (Å²) < 4.78 is 0.531. The maximum Gasteiger partial charge on any atom is 0.0472 e. The van der Waals surface area contributed by atoms with Crippen LogP contribution in [0, 0.1) is 11.8 Å². The first-order valence-electron chi connectivity index (χ1n) is 5.31. The van der Waals surface area contributed by atoms with Gasteiger partial charge in [-0.1, -0.05) is 33.6 Å². The second kappa shape index (κ2) is 8.05. The zero-order valence-corrected chi connectivity index (χ0v) is 11.1. The monoisotopic (exact) mass is 220 g/mol. The van der Waals surface area contributed by atoms with Crippen LogP contribution in [-0.2, 0) is 0 Å². The fraction of sp³-hybridized carbons (Fsp3) is 1.00. The molecular formula is C11H24S2. The Hall–Kier alpha value is 0.700. The second-order valence-electron chi connectivity index (χ2n) is 4.16. The summed E-state index contributed by atoms with van der Waals surface area (Å²) in [5.41, 5.74) is 0. The molecule has 0 aromatic rings. The summed E-state index contributed by atoms with van der Waals surface area (Å²) in [4.78, 5) is 0. The molecule has 0 spiro atoms. The lowest BCUT2D eigenvalue weighted by Crippen LogP contribution is -2.07. The third-order valence-corrected chi connectivity index (χ3v) is 4.04. The number of thioether (sulfide) groups is 1. The van der Waals surface area contributed by atoms with Crippen molar-refractivity contribution in [2.24, 2.45) is 11.8 Å². The Bertz CT molecular complexity index is 115. The van der Waals surface area contributed by atoms with Gasteiger partial charge >= 0.3 is 0 Å². The van der Waals surface area contributed by atoms with Gasteiger partial charge in [-0.15, -0.1) is 0 Å². The first-order chi connectivity index (χ1) is 6.10. The Morgan fingerprint density at radius 1 is 1.15 bits per heavy atom. The van der Waals surface area contributed by atoms with Crippen molar-refractivity contribution < 1.29 is 0 Å². The van der Waals surface area contributed by atoms with E-state index < -0.39 is 0 Å². The van der Waals surface area contributed by atoms with Crippen LogP contribution < -0.4 is 0 Å². The Balaban J connectivity index is 3.54. The van der Waals surface area contributed by atoms with Crippen LogP contribution in [0.3, 0.4) is 0 Å². The molecule has 0 aliphatic rings. The van der Waals surface area contributed by atoms with E-state index >= 15 is 0 Å². The molecule has 0 aromatic heterocycles. The molecule has 0 aromatic carbocycles. The van der Waals surface area contributed by atoms with Gasteiger partial charge in [0.1, 0.15) is 0 Å². The molecule has 0 aliphatic heterocycles. The van der Waals surface area contributed by atoms with Gasteiger partial charge < -0.3 is 0 Å². The predicted molar refractivity (Wildman–Crippen MR) is 68.8 cm³/mol. The van der Waals surface area contributed by atoms with E-state index in [4.69, 9.17) is 0 Å². The first kappa shape index (κ1) is 13.7. The minimum Gasteiger partial charge on any atom is -0.165 e. The number of rotatable bonds is 7. The quantitative estimate of drug-likeness (QED) is 0.488. The highest BCUT2D eigenvalue weighted by Crippen LogP contribution is 2.25. The zero-order valence-electron chi connectivity index (χ0n) is 9.42. The van der Waals surface area contributed by atoms with Crippen LogP contribution in [0.5, 0.6) is 0 Å². The van der Waals surface area contributed by atoms with E-state index in [0.29, 0.717) is 4.58 Å². The van der Waals surface area contributed by atoms with Crippen molar-refractivity contribution in [3.8, 4) is 0 Å². The summed E-state index contributed by atoms with van der Waals surface area (Å²) in [5.74, 6) is 1.72. The minimum atomic E-state index is 0.531. The van der Waals surface area contributed by atoms with Crippen LogP contribution >= 0.6 is 24.4 Å². The third-order valence-electron chi connectivity index (χ3n) is 2.46. The van der Waals surface area contributed by atoms with E-state index in [1.54, 1.807) is 0 Å². The molecule has 0 radical (unpaired) electrons. The minimum absolute atomic E-state index is 0.531. The van der Waals surface area contributed by atoms with Crippen LogP contribution in [0.2, 0.25) is 0 Å². The second-order valence-corrected chi connectivity index (χ2v) is 6.17. The van der Waals surface area contributed by atoms with Crippen LogP contribution in [0.15, 0.2) is 0 Å². The van der Waals surface area contributed by atoms with Crippen molar-refractivity contribution in [3.63, 3.8) is 0 Å². The molecule has 0 fully saturated rings. The SMILES string of the molecule is CCCC(C)CC(C)CC(S)SC. The molecule has 0 saturated heterocycles.